The molecule has 39 heavy (non-hydrogen) atoms. The number of benzene rings is 3. The van der Waals surface area contributed by atoms with E-state index in [1.165, 1.54) is 35.2 Å². The lowest BCUT2D eigenvalue weighted by Gasteiger charge is -2.15. The topological polar surface area (TPSA) is 109 Å². The number of rotatable bonds is 10. The van der Waals surface area contributed by atoms with Crippen LogP contribution in [0, 0.1) is 15.9 Å². The van der Waals surface area contributed by atoms with Crippen LogP contribution in [0.15, 0.2) is 69.0 Å². The molecular weight excluding hydrogens is 571 g/mol. The minimum atomic E-state index is -0.609. The van der Waals surface area contributed by atoms with Gasteiger partial charge in [-0.05, 0) is 43.7 Å². The minimum absolute atomic E-state index is 0.0784. The SMILES string of the molecule is CCOc1cc(C=Nn2c([C@@H](C)CC)nc3ccc(Br)cc3c2=O)cc([N+](=O)[O-])c1OCc1ccccc1F. The molecule has 1 atom stereocenters. The van der Waals surface area contributed by atoms with Gasteiger partial charge >= 0.3 is 5.69 Å². The lowest BCUT2D eigenvalue weighted by molar-refractivity contribution is -0.386. The standard InChI is InChI=1S/C28H26BrFN4O5/c1-4-17(3)27-32-23-11-10-20(29)14-21(23)28(35)33(27)31-15-18-12-24(34(36)37)26(25(13-18)38-5-2)39-16-19-8-6-7-9-22(19)30/h6-15,17H,4-5,16H2,1-3H3/t17-/m0/s1. The molecule has 4 aromatic rings. The highest BCUT2D eigenvalue weighted by molar-refractivity contribution is 9.10. The average molecular weight is 597 g/mol. The molecule has 0 bridgehead atoms. The lowest BCUT2D eigenvalue weighted by Crippen LogP contribution is -2.23. The molecule has 0 aliphatic heterocycles. The van der Waals surface area contributed by atoms with E-state index in [0.29, 0.717) is 22.3 Å². The zero-order valence-corrected chi connectivity index (χ0v) is 23.1. The summed E-state index contributed by atoms with van der Waals surface area (Å²) < 4.78 is 27.4. The lowest BCUT2D eigenvalue weighted by atomic mass is 10.1. The summed E-state index contributed by atoms with van der Waals surface area (Å²) in [5.74, 6) is -0.125. The van der Waals surface area contributed by atoms with Gasteiger partial charge in [-0.2, -0.15) is 9.78 Å². The van der Waals surface area contributed by atoms with Gasteiger partial charge in [0.2, 0.25) is 5.75 Å². The summed E-state index contributed by atoms with van der Waals surface area (Å²) in [7, 11) is 0. The molecule has 4 rings (SSSR count). The minimum Gasteiger partial charge on any atom is -0.490 e. The van der Waals surface area contributed by atoms with Crippen molar-refractivity contribution in [3.63, 3.8) is 0 Å². The molecule has 1 aromatic heterocycles. The fourth-order valence-corrected chi connectivity index (χ4v) is 4.26. The van der Waals surface area contributed by atoms with Gasteiger partial charge in [0.05, 0.1) is 28.6 Å². The maximum atomic E-state index is 14.1. The van der Waals surface area contributed by atoms with Crippen molar-refractivity contribution in [1.82, 2.24) is 9.66 Å². The van der Waals surface area contributed by atoms with Crippen LogP contribution in [-0.4, -0.2) is 27.4 Å². The Kier molecular flexibility index (Phi) is 8.70. The van der Waals surface area contributed by atoms with Crippen LogP contribution in [0.3, 0.4) is 0 Å². The average Bonchev–Trinajstić information content (AvgIpc) is 2.92. The second-order valence-corrected chi connectivity index (χ2v) is 9.66. The van der Waals surface area contributed by atoms with E-state index in [9.17, 15) is 19.3 Å². The van der Waals surface area contributed by atoms with Crippen molar-refractivity contribution in [2.24, 2.45) is 5.10 Å². The zero-order valence-electron chi connectivity index (χ0n) is 21.6. The molecule has 0 saturated carbocycles. The first kappa shape index (κ1) is 27.9. The van der Waals surface area contributed by atoms with E-state index in [-0.39, 0.29) is 47.4 Å². The van der Waals surface area contributed by atoms with E-state index in [1.807, 2.05) is 19.9 Å². The number of halogens is 2. The van der Waals surface area contributed by atoms with E-state index in [4.69, 9.17) is 9.47 Å². The summed E-state index contributed by atoms with van der Waals surface area (Å²) >= 11 is 3.39. The molecule has 0 aliphatic rings. The van der Waals surface area contributed by atoms with Crippen molar-refractivity contribution < 1.29 is 18.8 Å². The summed E-state index contributed by atoms with van der Waals surface area (Å²) in [4.78, 5) is 29.4. The van der Waals surface area contributed by atoms with Gasteiger partial charge in [0, 0.05) is 27.6 Å². The number of ether oxygens (including phenoxy) is 2. The van der Waals surface area contributed by atoms with Crippen molar-refractivity contribution in [3.05, 3.63) is 102 Å². The van der Waals surface area contributed by atoms with Crippen LogP contribution in [0.4, 0.5) is 10.1 Å². The van der Waals surface area contributed by atoms with Crippen LogP contribution < -0.4 is 15.0 Å². The van der Waals surface area contributed by atoms with E-state index in [0.717, 1.165) is 10.9 Å². The highest BCUT2D eigenvalue weighted by Gasteiger charge is 2.23. The van der Waals surface area contributed by atoms with Crippen LogP contribution in [0.2, 0.25) is 0 Å². The summed E-state index contributed by atoms with van der Waals surface area (Å²) in [5.41, 5.74) is 0.355. The highest BCUT2D eigenvalue weighted by atomic mass is 79.9. The van der Waals surface area contributed by atoms with E-state index < -0.39 is 10.7 Å². The van der Waals surface area contributed by atoms with Crippen LogP contribution >= 0.6 is 15.9 Å². The Balaban J connectivity index is 1.79. The van der Waals surface area contributed by atoms with Gasteiger partial charge in [-0.3, -0.25) is 14.9 Å². The molecule has 1 heterocycles. The van der Waals surface area contributed by atoms with Crippen molar-refractivity contribution in [3.8, 4) is 11.5 Å². The van der Waals surface area contributed by atoms with Crippen LogP contribution in [0.25, 0.3) is 10.9 Å². The molecule has 0 amide bonds. The quantitative estimate of drug-likeness (QED) is 0.116. The second kappa shape index (κ2) is 12.2. The Morgan fingerprint density at radius 2 is 1.95 bits per heavy atom. The molecule has 0 radical (unpaired) electrons. The van der Waals surface area contributed by atoms with Crippen LogP contribution in [0.5, 0.6) is 11.5 Å². The van der Waals surface area contributed by atoms with Crippen LogP contribution in [0.1, 0.15) is 50.1 Å². The highest BCUT2D eigenvalue weighted by Crippen LogP contribution is 2.39. The number of nitro benzene ring substituents is 1. The molecule has 0 N–H and O–H groups in total. The Hall–Kier alpha value is -4.12. The second-order valence-electron chi connectivity index (χ2n) is 8.74. The van der Waals surface area contributed by atoms with Gasteiger partial charge in [0.15, 0.2) is 5.75 Å². The fourth-order valence-electron chi connectivity index (χ4n) is 3.90. The monoisotopic (exact) mass is 596 g/mol. The smallest absolute Gasteiger partial charge is 0.315 e. The molecule has 0 spiro atoms. The van der Waals surface area contributed by atoms with Gasteiger partial charge in [0.1, 0.15) is 18.2 Å². The van der Waals surface area contributed by atoms with Crippen LogP contribution in [-0.2, 0) is 6.61 Å². The molecule has 3 aromatic carbocycles. The number of aromatic nitrogens is 2. The first-order valence-corrected chi connectivity index (χ1v) is 13.1. The third-order valence-electron chi connectivity index (χ3n) is 6.09. The molecular formula is C28H26BrFN4O5. The third kappa shape index (κ3) is 6.14. The number of nitrogens with zero attached hydrogens (tertiary/aromatic N) is 4. The number of nitro groups is 1. The fraction of sp³-hybridized carbons (Fsp3) is 0.250. The summed E-state index contributed by atoms with van der Waals surface area (Å²) in [5, 5.41) is 16.8. The van der Waals surface area contributed by atoms with Crippen molar-refractivity contribution in [1.29, 1.82) is 0 Å². The van der Waals surface area contributed by atoms with Gasteiger partial charge < -0.3 is 9.47 Å². The first-order valence-electron chi connectivity index (χ1n) is 12.3. The van der Waals surface area contributed by atoms with Crippen molar-refractivity contribution >= 4 is 38.7 Å². The molecule has 0 fully saturated rings. The summed E-state index contributed by atoms with van der Waals surface area (Å²) in [6.45, 7) is 5.62. The number of hydrogen-bond acceptors (Lipinski definition) is 7. The normalized spacial score (nSPS) is 12.1. The number of hydrogen-bond donors (Lipinski definition) is 0. The molecule has 9 nitrogen and oxygen atoms in total. The van der Waals surface area contributed by atoms with E-state index in [1.54, 1.807) is 31.2 Å². The largest absolute Gasteiger partial charge is 0.490 e. The van der Waals surface area contributed by atoms with Crippen molar-refractivity contribution in [2.75, 3.05) is 6.61 Å². The van der Waals surface area contributed by atoms with E-state index >= 15 is 0 Å². The number of fused-ring (bicyclic) bond motifs is 1. The molecule has 0 saturated heterocycles. The summed E-state index contributed by atoms with van der Waals surface area (Å²) in [6.07, 6.45) is 2.06. The van der Waals surface area contributed by atoms with Crippen molar-refractivity contribution in [2.45, 2.75) is 39.7 Å². The predicted octanol–water partition coefficient (Wildman–Crippen LogP) is 6.58. The first-order chi connectivity index (χ1) is 18.7. The maximum absolute atomic E-state index is 14.1. The Morgan fingerprint density at radius 3 is 2.64 bits per heavy atom. The molecule has 11 heteroatoms. The third-order valence-corrected chi connectivity index (χ3v) is 6.59. The van der Waals surface area contributed by atoms with Gasteiger partial charge in [-0.25, -0.2) is 9.37 Å². The molecule has 202 valence electrons. The van der Waals surface area contributed by atoms with Gasteiger partial charge in [-0.1, -0.05) is 48.0 Å². The van der Waals surface area contributed by atoms with E-state index in [2.05, 4.69) is 26.0 Å². The Bertz CT molecular complexity index is 1620. The maximum Gasteiger partial charge on any atom is 0.315 e. The Morgan fingerprint density at radius 1 is 1.18 bits per heavy atom. The molecule has 0 unspecified atom stereocenters. The summed E-state index contributed by atoms with van der Waals surface area (Å²) in [6, 6.07) is 14.1. The van der Waals surface area contributed by atoms with Gasteiger partial charge in [-0.15, -0.1) is 0 Å². The zero-order chi connectivity index (χ0) is 28.1. The van der Waals surface area contributed by atoms with Gasteiger partial charge in [0.25, 0.3) is 5.56 Å². The molecule has 0 aliphatic carbocycles. The predicted molar refractivity (Wildman–Crippen MR) is 150 cm³/mol. The Labute approximate surface area is 232 Å².